The summed E-state index contributed by atoms with van der Waals surface area (Å²) >= 11 is 1.21. The lowest BCUT2D eigenvalue weighted by Crippen LogP contribution is -2.47. The second-order valence-corrected chi connectivity index (χ2v) is 9.51. The molecule has 1 aliphatic heterocycles. The molecule has 0 radical (unpaired) electrons. The van der Waals surface area contributed by atoms with Crippen molar-refractivity contribution in [3.63, 3.8) is 0 Å². The van der Waals surface area contributed by atoms with Crippen molar-refractivity contribution in [2.45, 2.75) is 32.4 Å². The van der Waals surface area contributed by atoms with E-state index in [1.165, 1.54) is 16.2 Å². The highest BCUT2D eigenvalue weighted by Crippen LogP contribution is 2.43. The molecule has 4 rings (SSSR count). The van der Waals surface area contributed by atoms with Crippen LogP contribution in [0.3, 0.4) is 0 Å². The number of carbonyl (C=O) groups is 3. The molecule has 170 valence electrons. The van der Waals surface area contributed by atoms with Gasteiger partial charge in [0.1, 0.15) is 0 Å². The molecule has 7 heteroatoms. The van der Waals surface area contributed by atoms with Crippen molar-refractivity contribution in [2.24, 2.45) is 0 Å². The van der Waals surface area contributed by atoms with Gasteiger partial charge in [0.15, 0.2) is 0 Å². The van der Waals surface area contributed by atoms with E-state index in [0.29, 0.717) is 16.2 Å². The summed E-state index contributed by atoms with van der Waals surface area (Å²) in [5, 5.41) is 0. The lowest BCUT2D eigenvalue weighted by molar-refractivity contribution is -0.117. The summed E-state index contributed by atoms with van der Waals surface area (Å²) < 4.78 is 0. The third-order valence-corrected chi connectivity index (χ3v) is 6.96. The molecule has 0 saturated heterocycles. The van der Waals surface area contributed by atoms with Crippen LogP contribution in [0.1, 0.15) is 51.2 Å². The van der Waals surface area contributed by atoms with Crippen LogP contribution in [-0.2, 0) is 4.79 Å². The fraction of sp³-hybridized carbons (Fsp3) is 0.269. The van der Waals surface area contributed by atoms with Gasteiger partial charge in [0.2, 0.25) is 5.91 Å². The van der Waals surface area contributed by atoms with Crippen molar-refractivity contribution in [2.75, 3.05) is 23.9 Å². The first kappa shape index (κ1) is 22.7. The predicted octanol–water partition coefficient (Wildman–Crippen LogP) is 4.98. The van der Waals surface area contributed by atoms with Gasteiger partial charge in [-0.25, -0.2) is 0 Å². The fourth-order valence-corrected chi connectivity index (χ4v) is 5.38. The lowest BCUT2D eigenvalue weighted by Gasteiger charge is -2.43. The molecule has 2 heterocycles. The maximum absolute atomic E-state index is 13.6. The number of nitrogens with zero attached hydrogens (tertiary/aromatic N) is 3. The maximum atomic E-state index is 13.6. The number of anilines is 2. The number of rotatable bonds is 4. The lowest BCUT2D eigenvalue weighted by atomic mass is 9.89. The first-order valence-corrected chi connectivity index (χ1v) is 11.7. The Hall–Kier alpha value is -3.45. The summed E-state index contributed by atoms with van der Waals surface area (Å²) in [6.07, 6.45) is 0.603. The molecule has 0 bridgehead atoms. The Morgan fingerprint density at radius 2 is 1.55 bits per heavy atom. The Bertz CT molecular complexity index is 1190. The number of thiophene rings is 1. The van der Waals surface area contributed by atoms with Gasteiger partial charge in [0.25, 0.3) is 11.8 Å². The van der Waals surface area contributed by atoms with Crippen LogP contribution in [-0.4, -0.2) is 42.8 Å². The van der Waals surface area contributed by atoms with Crippen molar-refractivity contribution >= 4 is 40.4 Å². The third kappa shape index (κ3) is 4.28. The molecule has 0 fully saturated rings. The van der Waals surface area contributed by atoms with Gasteiger partial charge in [-0.2, -0.15) is 0 Å². The highest BCUT2D eigenvalue weighted by atomic mass is 32.1. The number of carbonyl (C=O) groups excluding carboxylic acids is 3. The SMILES string of the molecule is CC(=O)N(c1ccccc1)[C@H]1C[C@@H](C)N(C(=O)c2ccc(C(=O)N(C)C)s2)c2ccccc21. The normalized spacial score (nSPS) is 17.3. The van der Waals surface area contributed by atoms with E-state index in [1.54, 1.807) is 38.1 Å². The standard InChI is InChI=1S/C26H27N3O3S/c1-17-16-22(29(18(2)30)19-10-6-5-7-11-19)20-12-8-9-13-21(20)28(17)26(32)24-15-14-23(33-24)25(31)27(3)4/h5-15,17,22H,16H2,1-4H3/t17-,22+/m1/s1. The summed E-state index contributed by atoms with van der Waals surface area (Å²) in [6, 6.07) is 20.5. The number of benzene rings is 2. The Balaban J connectivity index is 1.73. The van der Waals surface area contributed by atoms with Gasteiger partial charge in [-0.3, -0.25) is 14.4 Å². The van der Waals surface area contributed by atoms with Crippen molar-refractivity contribution in [3.05, 3.63) is 82.0 Å². The minimum absolute atomic E-state index is 0.0434. The zero-order valence-electron chi connectivity index (χ0n) is 19.2. The van der Waals surface area contributed by atoms with Crippen LogP contribution in [0, 0.1) is 0 Å². The van der Waals surface area contributed by atoms with Crippen LogP contribution in [0.2, 0.25) is 0 Å². The maximum Gasteiger partial charge on any atom is 0.268 e. The monoisotopic (exact) mass is 461 g/mol. The molecule has 3 amide bonds. The van der Waals surface area contributed by atoms with E-state index < -0.39 is 0 Å². The van der Waals surface area contributed by atoms with E-state index in [2.05, 4.69) is 0 Å². The second-order valence-electron chi connectivity index (χ2n) is 8.42. The van der Waals surface area contributed by atoms with E-state index in [0.717, 1.165) is 16.9 Å². The van der Waals surface area contributed by atoms with Gasteiger partial charge >= 0.3 is 0 Å². The molecule has 33 heavy (non-hydrogen) atoms. The van der Waals surface area contributed by atoms with Gasteiger partial charge in [-0.05, 0) is 49.2 Å². The Kier molecular flexibility index (Phi) is 6.33. The van der Waals surface area contributed by atoms with Crippen molar-refractivity contribution in [1.82, 2.24) is 4.90 Å². The highest BCUT2D eigenvalue weighted by Gasteiger charge is 2.38. The molecule has 0 aliphatic carbocycles. The number of para-hydroxylation sites is 2. The first-order chi connectivity index (χ1) is 15.8. The van der Waals surface area contributed by atoms with Crippen LogP contribution in [0.5, 0.6) is 0 Å². The molecule has 6 nitrogen and oxygen atoms in total. The molecular weight excluding hydrogens is 434 g/mol. The Labute approximate surface area is 198 Å². The van der Waals surface area contributed by atoms with Gasteiger partial charge in [0, 0.05) is 38.4 Å². The average Bonchev–Trinajstić information content (AvgIpc) is 3.29. The summed E-state index contributed by atoms with van der Waals surface area (Å²) in [5.74, 6) is -0.297. The topological polar surface area (TPSA) is 60.9 Å². The molecule has 1 aliphatic rings. The van der Waals surface area contributed by atoms with Crippen molar-refractivity contribution < 1.29 is 14.4 Å². The average molecular weight is 462 g/mol. The summed E-state index contributed by atoms with van der Waals surface area (Å²) in [7, 11) is 3.39. The van der Waals surface area contributed by atoms with E-state index >= 15 is 0 Å². The largest absolute Gasteiger partial charge is 0.344 e. The molecule has 0 N–H and O–H groups in total. The van der Waals surface area contributed by atoms with Gasteiger partial charge in [-0.1, -0.05) is 36.4 Å². The predicted molar refractivity (Wildman–Crippen MR) is 132 cm³/mol. The van der Waals surface area contributed by atoms with Crippen LogP contribution in [0.25, 0.3) is 0 Å². The molecule has 0 unspecified atom stereocenters. The Morgan fingerprint density at radius 1 is 0.909 bits per heavy atom. The quantitative estimate of drug-likeness (QED) is 0.550. The number of fused-ring (bicyclic) bond motifs is 1. The molecule has 2 aromatic carbocycles. The van der Waals surface area contributed by atoms with E-state index in [1.807, 2.05) is 66.4 Å². The number of amides is 3. The molecular formula is C26H27N3O3S. The second kappa shape index (κ2) is 9.19. The van der Waals surface area contributed by atoms with Gasteiger partial charge < -0.3 is 14.7 Å². The summed E-state index contributed by atoms with van der Waals surface area (Å²) in [5.41, 5.74) is 2.56. The molecule has 2 atom stereocenters. The summed E-state index contributed by atoms with van der Waals surface area (Å²) in [6.45, 7) is 3.58. The van der Waals surface area contributed by atoms with E-state index in [-0.39, 0.29) is 29.8 Å². The smallest absolute Gasteiger partial charge is 0.268 e. The highest BCUT2D eigenvalue weighted by molar-refractivity contribution is 7.16. The Morgan fingerprint density at radius 3 is 2.21 bits per heavy atom. The van der Waals surface area contributed by atoms with Gasteiger partial charge in [-0.15, -0.1) is 11.3 Å². The minimum atomic E-state index is -0.186. The van der Waals surface area contributed by atoms with E-state index in [4.69, 9.17) is 0 Å². The molecule has 0 spiro atoms. The van der Waals surface area contributed by atoms with Crippen LogP contribution in [0.4, 0.5) is 11.4 Å². The van der Waals surface area contributed by atoms with E-state index in [9.17, 15) is 14.4 Å². The van der Waals surface area contributed by atoms with Crippen molar-refractivity contribution in [1.29, 1.82) is 0 Å². The third-order valence-electron chi connectivity index (χ3n) is 5.90. The van der Waals surface area contributed by atoms with Crippen LogP contribution < -0.4 is 9.80 Å². The summed E-state index contributed by atoms with van der Waals surface area (Å²) in [4.78, 5) is 44.8. The first-order valence-electron chi connectivity index (χ1n) is 10.9. The van der Waals surface area contributed by atoms with Gasteiger partial charge in [0.05, 0.1) is 15.8 Å². The number of hydrogen-bond acceptors (Lipinski definition) is 4. The van der Waals surface area contributed by atoms with Crippen molar-refractivity contribution in [3.8, 4) is 0 Å². The zero-order chi connectivity index (χ0) is 23.7. The zero-order valence-corrected chi connectivity index (χ0v) is 20.0. The number of hydrogen-bond donors (Lipinski definition) is 0. The molecule has 3 aromatic rings. The molecule has 0 saturated carbocycles. The fourth-order valence-electron chi connectivity index (χ4n) is 4.41. The molecule has 1 aromatic heterocycles. The minimum Gasteiger partial charge on any atom is -0.344 e. The van der Waals surface area contributed by atoms with Crippen LogP contribution >= 0.6 is 11.3 Å². The van der Waals surface area contributed by atoms with Crippen LogP contribution in [0.15, 0.2) is 66.7 Å².